The summed E-state index contributed by atoms with van der Waals surface area (Å²) in [6.45, 7) is 1.88. The van der Waals surface area contributed by atoms with E-state index in [9.17, 15) is 9.18 Å². The van der Waals surface area contributed by atoms with Gasteiger partial charge in [-0.05, 0) is 25.1 Å². The number of aryl methyl sites for hydroxylation is 2. The van der Waals surface area contributed by atoms with Crippen molar-refractivity contribution in [2.24, 2.45) is 12.2 Å². The van der Waals surface area contributed by atoms with Crippen molar-refractivity contribution in [2.45, 2.75) is 19.4 Å². The van der Waals surface area contributed by atoms with Crippen LogP contribution in [0.25, 0.3) is 11.0 Å². The van der Waals surface area contributed by atoms with E-state index in [4.69, 9.17) is 4.84 Å². The topological polar surface area (TPSA) is 81.4 Å². The number of hydrogen-bond acceptors (Lipinski definition) is 5. The lowest BCUT2D eigenvalue weighted by atomic mass is 10.0. The number of nitrogens with one attached hydrogen (secondary N) is 1. The highest BCUT2D eigenvalue weighted by molar-refractivity contribution is 6.06. The van der Waals surface area contributed by atoms with Crippen molar-refractivity contribution in [2.75, 3.05) is 5.32 Å². The van der Waals surface area contributed by atoms with Crippen LogP contribution in [0.2, 0.25) is 0 Å². The number of pyridine rings is 1. The van der Waals surface area contributed by atoms with Crippen LogP contribution in [0.1, 0.15) is 17.7 Å². The number of hydrogen-bond donors (Lipinski definition) is 1. The Morgan fingerprint density at radius 1 is 1.38 bits per heavy atom. The maximum absolute atomic E-state index is 13.3. The fourth-order valence-corrected chi connectivity index (χ4v) is 2.96. The Balaban J connectivity index is 1.47. The number of fused-ring (bicyclic) bond motifs is 1. The van der Waals surface area contributed by atoms with E-state index in [0.29, 0.717) is 17.0 Å². The molecule has 1 N–H and O–H groups in total. The van der Waals surface area contributed by atoms with Gasteiger partial charge in [-0.1, -0.05) is 17.3 Å². The Morgan fingerprint density at radius 3 is 3.04 bits per heavy atom. The second kappa shape index (κ2) is 6.21. The molecule has 0 spiro atoms. The highest BCUT2D eigenvalue weighted by Crippen LogP contribution is 2.22. The first-order valence-electron chi connectivity index (χ1n) is 8.10. The molecule has 1 atom stereocenters. The Kier molecular flexibility index (Phi) is 3.87. The summed E-state index contributed by atoms with van der Waals surface area (Å²) in [6, 6.07) is 7.87. The molecular weight excluding hydrogens is 337 g/mol. The van der Waals surface area contributed by atoms with Crippen LogP contribution < -0.4 is 5.32 Å². The molecule has 0 aliphatic carbocycles. The van der Waals surface area contributed by atoms with E-state index in [1.54, 1.807) is 23.0 Å². The van der Waals surface area contributed by atoms with Gasteiger partial charge in [0.05, 0.1) is 23.3 Å². The van der Waals surface area contributed by atoms with Gasteiger partial charge in [0.1, 0.15) is 5.82 Å². The third-order valence-corrected chi connectivity index (χ3v) is 4.25. The summed E-state index contributed by atoms with van der Waals surface area (Å²) in [7, 11) is 1.82. The molecule has 0 saturated carbocycles. The van der Waals surface area contributed by atoms with Crippen LogP contribution in [0.4, 0.5) is 10.1 Å². The second-order valence-corrected chi connectivity index (χ2v) is 6.14. The van der Waals surface area contributed by atoms with Crippen molar-refractivity contribution in [1.82, 2.24) is 14.8 Å². The molecule has 3 heterocycles. The van der Waals surface area contributed by atoms with Crippen molar-refractivity contribution in [3.63, 3.8) is 0 Å². The van der Waals surface area contributed by atoms with Crippen molar-refractivity contribution < 1.29 is 14.0 Å². The predicted molar refractivity (Wildman–Crippen MR) is 94.3 cm³/mol. The van der Waals surface area contributed by atoms with Gasteiger partial charge in [-0.2, -0.15) is 5.10 Å². The van der Waals surface area contributed by atoms with Gasteiger partial charge in [0.2, 0.25) is 6.10 Å². The molecule has 0 saturated heterocycles. The number of benzene rings is 1. The van der Waals surface area contributed by atoms with Crippen LogP contribution in [-0.4, -0.2) is 32.5 Å². The number of halogens is 1. The van der Waals surface area contributed by atoms with E-state index >= 15 is 0 Å². The summed E-state index contributed by atoms with van der Waals surface area (Å²) >= 11 is 0. The average molecular weight is 353 g/mol. The van der Waals surface area contributed by atoms with Crippen molar-refractivity contribution >= 4 is 28.3 Å². The van der Waals surface area contributed by atoms with Gasteiger partial charge in [-0.3, -0.25) is 9.48 Å². The van der Waals surface area contributed by atoms with E-state index in [1.807, 2.05) is 20.0 Å². The van der Waals surface area contributed by atoms with Crippen molar-refractivity contribution in [3.05, 3.63) is 53.6 Å². The van der Waals surface area contributed by atoms with Crippen LogP contribution >= 0.6 is 0 Å². The molecule has 1 aliphatic rings. The van der Waals surface area contributed by atoms with Gasteiger partial charge in [-0.25, -0.2) is 9.37 Å². The summed E-state index contributed by atoms with van der Waals surface area (Å²) in [5, 5.41) is 11.9. The third kappa shape index (κ3) is 2.90. The SMILES string of the molecule is Cc1nn(C)c2ncc(NC(=O)[C@@H]3CC(c4cccc(F)c4)=NO3)cc12. The normalized spacial score (nSPS) is 16.4. The highest BCUT2D eigenvalue weighted by atomic mass is 19.1. The predicted octanol–water partition coefficient (Wildman–Crippen LogP) is 2.55. The fourth-order valence-electron chi connectivity index (χ4n) is 2.96. The van der Waals surface area contributed by atoms with E-state index in [1.165, 1.54) is 12.1 Å². The lowest BCUT2D eigenvalue weighted by Gasteiger charge is -2.09. The summed E-state index contributed by atoms with van der Waals surface area (Å²) in [4.78, 5) is 22.0. The maximum atomic E-state index is 13.3. The molecule has 0 bridgehead atoms. The molecular formula is C18H16FN5O2. The zero-order chi connectivity index (χ0) is 18.3. The van der Waals surface area contributed by atoms with Gasteiger partial charge in [-0.15, -0.1) is 0 Å². The molecule has 132 valence electrons. The first kappa shape index (κ1) is 16.2. The van der Waals surface area contributed by atoms with Crippen LogP contribution in [0, 0.1) is 12.7 Å². The van der Waals surface area contributed by atoms with Crippen LogP contribution in [0.15, 0.2) is 41.7 Å². The summed E-state index contributed by atoms with van der Waals surface area (Å²) in [6.07, 6.45) is 1.08. The highest BCUT2D eigenvalue weighted by Gasteiger charge is 2.29. The lowest BCUT2D eigenvalue weighted by molar-refractivity contribution is -0.125. The average Bonchev–Trinajstić information content (AvgIpc) is 3.21. The summed E-state index contributed by atoms with van der Waals surface area (Å²) < 4.78 is 15.0. The largest absolute Gasteiger partial charge is 0.382 e. The van der Waals surface area contributed by atoms with Gasteiger partial charge >= 0.3 is 0 Å². The molecule has 4 rings (SSSR count). The first-order valence-corrected chi connectivity index (χ1v) is 8.10. The molecule has 1 amide bonds. The molecule has 1 aromatic carbocycles. The van der Waals surface area contributed by atoms with Gasteiger partial charge in [0, 0.05) is 24.4 Å². The number of carbonyl (C=O) groups is 1. The number of amides is 1. The van der Waals surface area contributed by atoms with E-state index < -0.39 is 6.10 Å². The molecule has 7 nitrogen and oxygen atoms in total. The Hall–Kier alpha value is -3.29. The number of aromatic nitrogens is 3. The van der Waals surface area contributed by atoms with Crippen LogP contribution in [0.5, 0.6) is 0 Å². The molecule has 8 heteroatoms. The molecule has 1 aliphatic heterocycles. The number of rotatable bonds is 3. The number of oxime groups is 1. The monoisotopic (exact) mass is 353 g/mol. The smallest absolute Gasteiger partial charge is 0.268 e. The van der Waals surface area contributed by atoms with Crippen LogP contribution in [-0.2, 0) is 16.7 Å². The maximum Gasteiger partial charge on any atom is 0.268 e. The molecule has 3 aromatic rings. The quantitative estimate of drug-likeness (QED) is 0.785. The summed E-state index contributed by atoms with van der Waals surface area (Å²) in [5.41, 5.74) is 3.28. The lowest BCUT2D eigenvalue weighted by Crippen LogP contribution is -2.28. The molecule has 0 radical (unpaired) electrons. The molecule has 26 heavy (non-hydrogen) atoms. The van der Waals surface area contributed by atoms with Crippen molar-refractivity contribution in [1.29, 1.82) is 0 Å². The second-order valence-electron chi connectivity index (χ2n) is 6.14. The third-order valence-electron chi connectivity index (χ3n) is 4.25. The van der Waals surface area contributed by atoms with E-state index in [0.717, 1.165) is 16.7 Å². The Labute approximate surface area is 148 Å². The molecule has 0 fully saturated rings. The standard InChI is InChI=1S/C18H16FN5O2/c1-10-14-7-13(9-20-17(14)24(2)22-10)21-18(25)16-8-15(23-26-16)11-4-3-5-12(19)6-11/h3-7,9,16H,8H2,1-2H3,(H,21,25)/t16-/m0/s1. The van der Waals surface area contributed by atoms with Crippen molar-refractivity contribution in [3.8, 4) is 0 Å². The molecule has 0 unspecified atom stereocenters. The zero-order valence-corrected chi connectivity index (χ0v) is 14.2. The first-order chi connectivity index (χ1) is 12.5. The minimum atomic E-state index is -0.765. The fraction of sp³-hybridized carbons (Fsp3) is 0.222. The number of anilines is 1. The number of nitrogens with zero attached hydrogens (tertiary/aromatic N) is 4. The van der Waals surface area contributed by atoms with Gasteiger partial charge in [0.15, 0.2) is 5.65 Å². The van der Waals surface area contributed by atoms with E-state index in [-0.39, 0.29) is 18.1 Å². The zero-order valence-electron chi connectivity index (χ0n) is 14.2. The minimum absolute atomic E-state index is 0.275. The molecule has 2 aromatic heterocycles. The minimum Gasteiger partial charge on any atom is -0.382 e. The van der Waals surface area contributed by atoms with Gasteiger partial charge < -0.3 is 10.2 Å². The van der Waals surface area contributed by atoms with Crippen LogP contribution in [0.3, 0.4) is 0 Å². The number of carbonyl (C=O) groups excluding carboxylic acids is 1. The summed E-state index contributed by atoms with van der Waals surface area (Å²) in [5.74, 6) is -0.688. The Morgan fingerprint density at radius 2 is 2.23 bits per heavy atom. The van der Waals surface area contributed by atoms with Gasteiger partial charge in [0.25, 0.3) is 5.91 Å². The Bertz CT molecular complexity index is 1040. The van der Waals surface area contributed by atoms with E-state index in [2.05, 4.69) is 20.6 Å².